The van der Waals surface area contributed by atoms with Crippen molar-refractivity contribution < 1.29 is 9.53 Å². The van der Waals surface area contributed by atoms with Crippen molar-refractivity contribution in [3.05, 3.63) is 69.7 Å². The molecule has 26 heavy (non-hydrogen) atoms. The molecule has 1 aromatic carbocycles. The molecule has 1 amide bonds. The Morgan fingerprint density at radius 2 is 2.00 bits per heavy atom. The van der Waals surface area contributed by atoms with Gasteiger partial charge in [-0.15, -0.1) is 11.3 Å². The molecule has 0 saturated carbocycles. The summed E-state index contributed by atoms with van der Waals surface area (Å²) in [7, 11) is 0. The molecule has 1 N–H and O–H groups in total. The fourth-order valence-electron chi connectivity index (χ4n) is 2.93. The number of benzene rings is 1. The summed E-state index contributed by atoms with van der Waals surface area (Å²) in [6, 6.07) is 13.7. The average Bonchev–Trinajstić information content (AvgIpc) is 3.24. The van der Waals surface area contributed by atoms with Gasteiger partial charge in [0.15, 0.2) is 0 Å². The molecule has 0 bridgehead atoms. The highest BCUT2D eigenvalue weighted by Gasteiger charge is 2.17. The van der Waals surface area contributed by atoms with Gasteiger partial charge >= 0.3 is 0 Å². The van der Waals surface area contributed by atoms with Gasteiger partial charge in [0.05, 0.1) is 24.4 Å². The molecule has 2 aromatic heterocycles. The van der Waals surface area contributed by atoms with Gasteiger partial charge in [0.25, 0.3) is 5.91 Å². The predicted molar refractivity (Wildman–Crippen MR) is 108 cm³/mol. The van der Waals surface area contributed by atoms with Gasteiger partial charge in [-0.3, -0.25) is 4.79 Å². The first-order valence-corrected chi connectivity index (χ1v) is 9.70. The van der Waals surface area contributed by atoms with Crippen LogP contribution in [0, 0.1) is 13.8 Å². The largest absolute Gasteiger partial charge is 0.491 e. The lowest BCUT2D eigenvalue weighted by Crippen LogP contribution is -2.14. The summed E-state index contributed by atoms with van der Waals surface area (Å²) in [6.45, 7) is 7.51. The minimum atomic E-state index is -0.108. The predicted octanol–water partition coefficient (Wildman–Crippen LogP) is 5.26. The van der Waals surface area contributed by atoms with Crippen LogP contribution >= 0.6 is 11.3 Å². The maximum atomic E-state index is 12.9. The first kappa shape index (κ1) is 18.3. The van der Waals surface area contributed by atoms with Gasteiger partial charge in [0.1, 0.15) is 5.75 Å². The molecular weight excluding hydrogens is 344 g/mol. The van der Waals surface area contributed by atoms with Crippen LogP contribution in [0.25, 0.3) is 0 Å². The number of ether oxygens (including phenoxy) is 1. The van der Waals surface area contributed by atoms with E-state index in [1.165, 1.54) is 4.88 Å². The molecule has 0 radical (unpaired) electrons. The van der Waals surface area contributed by atoms with Gasteiger partial charge in [-0.1, -0.05) is 25.1 Å². The van der Waals surface area contributed by atoms with Crippen molar-refractivity contribution in [1.29, 1.82) is 0 Å². The topological polar surface area (TPSA) is 43.3 Å². The summed E-state index contributed by atoms with van der Waals surface area (Å²) in [6.07, 6.45) is 0.923. The number of carbonyl (C=O) groups excluding carboxylic acids is 1. The fraction of sp³-hybridized carbons (Fsp3) is 0.286. The molecule has 0 spiro atoms. The lowest BCUT2D eigenvalue weighted by Gasteiger charge is -2.12. The van der Waals surface area contributed by atoms with Gasteiger partial charge in [-0.2, -0.15) is 0 Å². The molecule has 0 aliphatic rings. The van der Waals surface area contributed by atoms with Crippen LogP contribution in [0.15, 0.2) is 47.8 Å². The van der Waals surface area contributed by atoms with Crippen LogP contribution in [-0.4, -0.2) is 17.1 Å². The highest BCUT2D eigenvalue weighted by atomic mass is 32.1. The maximum absolute atomic E-state index is 12.9. The van der Waals surface area contributed by atoms with Crippen molar-refractivity contribution in [2.75, 3.05) is 11.9 Å². The Bertz CT molecular complexity index is 882. The molecule has 2 heterocycles. The standard InChI is InChI=1S/C21H24N2O2S/c1-4-11-25-20-10-6-5-9-19(20)22-21(24)18-13-15(2)23(16(18)3)14-17-8-7-12-26-17/h5-10,12-13H,4,11,14H2,1-3H3,(H,22,24). The van der Waals surface area contributed by atoms with E-state index >= 15 is 0 Å². The van der Waals surface area contributed by atoms with Crippen molar-refractivity contribution in [2.45, 2.75) is 33.7 Å². The Morgan fingerprint density at radius 3 is 2.73 bits per heavy atom. The third-order valence-electron chi connectivity index (χ3n) is 4.31. The Hall–Kier alpha value is -2.53. The molecule has 3 rings (SSSR count). The Morgan fingerprint density at radius 1 is 1.19 bits per heavy atom. The fourth-order valence-corrected chi connectivity index (χ4v) is 3.62. The number of anilines is 1. The van der Waals surface area contributed by atoms with E-state index in [1.807, 2.05) is 44.2 Å². The number of thiophene rings is 1. The lowest BCUT2D eigenvalue weighted by atomic mass is 10.2. The third kappa shape index (κ3) is 3.99. The highest BCUT2D eigenvalue weighted by Crippen LogP contribution is 2.26. The second-order valence-corrected chi connectivity index (χ2v) is 7.28. The summed E-state index contributed by atoms with van der Waals surface area (Å²) in [5.41, 5.74) is 3.45. The molecular formula is C21H24N2O2S. The van der Waals surface area contributed by atoms with Crippen molar-refractivity contribution in [3.8, 4) is 5.75 Å². The van der Waals surface area contributed by atoms with Crippen LogP contribution in [0.2, 0.25) is 0 Å². The van der Waals surface area contributed by atoms with E-state index in [9.17, 15) is 4.79 Å². The molecule has 5 heteroatoms. The Balaban J connectivity index is 1.81. The number of para-hydroxylation sites is 2. The van der Waals surface area contributed by atoms with Gasteiger partial charge in [-0.25, -0.2) is 0 Å². The number of aryl methyl sites for hydroxylation is 1. The first-order valence-electron chi connectivity index (χ1n) is 8.82. The molecule has 0 atom stereocenters. The highest BCUT2D eigenvalue weighted by molar-refractivity contribution is 7.09. The number of amides is 1. The maximum Gasteiger partial charge on any atom is 0.257 e. The van der Waals surface area contributed by atoms with Crippen molar-refractivity contribution >= 4 is 22.9 Å². The molecule has 0 fully saturated rings. The number of aromatic nitrogens is 1. The number of hydrogen-bond donors (Lipinski definition) is 1. The Labute approximate surface area is 158 Å². The van der Waals surface area contributed by atoms with Crippen LogP contribution in [-0.2, 0) is 6.54 Å². The van der Waals surface area contributed by atoms with Crippen LogP contribution < -0.4 is 10.1 Å². The number of nitrogens with one attached hydrogen (secondary N) is 1. The molecule has 136 valence electrons. The van der Waals surface area contributed by atoms with E-state index in [1.54, 1.807) is 11.3 Å². The zero-order chi connectivity index (χ0) is 18.5. The zero-order valence-electron chi connectivity index (χ0n) is 15.4. The molecule has 0 unspecified atom stereocenters. The van der Waals surface area contributed by atoms with Gasteiger partial charge in [0, 0.05) is 16.3 Å². The Kier molecular flexibility index (Phi) is 5.78. The first-order chi connectivity index (χ1) is 12.6. The summed E-state index contributed by atoms with van der Waals surface area (Å²) >= 11 is 1.73. The number of rotatable bonds is 7. The van der Waals surface area contributed by atoms with Crippen molar-refractivity contribution in [3.63, 3.8) is 0 Å². The zero-order valence-corrected chi connectivity index (χ0v) is 16.2. The van der Waals surface area contributed by atoms with E-state index in [4.69, 9.17) is 4.74 Å². The van der Waals surface area contributed by atoms with Gasteiger partial charge in [-0.05, 0) is 49.9 Å². The number of nitrogens with zero attached hydrogens (tertiary/aromatic N) is 1. The van der Waals surface area contributed by atoms with E-state index in [0.29, 0.717) is 23.6 Å². The van der Waals surface area contributed by atoms with E-state index in [-0.39, 0.29) is 5.91 Å². The molecule has 0 saturated heterocycles. The average molecular weight is 369 g/mol. The molecule has 4 nitrogen and oxygen atoms in total. The second kappa shape index (κ2) is 8.23. The van der Waals surface area contributed by atoms with Crippen LogP contribution in [0.1, 0.15) is 40.0 Å². The van der Waals surface area contributed by atoms with E-state index in [0.717, 1.165) is 24.4 Å². The minimum absolute atomic E-state index is 0.108. The van der Waals surface area contributed by atoms with Gasteiger partial charge < -0.3 is 14.6 Å². The smallest absolute Gasteiger partial charge is 0.257 e. The SMILES string of the molecule is CCCOc1ccccc1NC(=O)c1cc(C)n(Cc2cccs2)c1C. The summed E-state index contributed by atoms with van der Waals surface area (Å²) in [5, 5.41) is 5.08. The monoisotopic (exact) mass is 368 g/mol. The van der Waals surface area contributed by atoms with Crippen LogP contribution in [0.3, 0.4) is 0 Å². The number of carbonyl (C=O) groups is 1. The van der Waals surface area contributed by atoms with Crippen molar-refractivity contribution in [1.82, 2.24) is 4.57 Å². The third-order valence-corrected chi connectivity index (χ3v) is 5.17. The number of hydrogen-bond acceptors (Lipinski definition) is 3. The van der Waals surface area contributed by atoms with E-state index in [2.05, 4.69) is 34.3 Å². The molecule has 3 aromatic rings. The quantitative estimate of drug-likeness (QED) is 0.618. The van der Waals surface area contributed by atoms with Crippen molar-refractivity contribution in [2.24, 2.45) is 0 Å². The molecule has 0 aliphatic heterocycles. The van der Waals surface area contributed by atoms with Crippen LogP contribution in [0.4, 0.5) is 5.69 Å². The van der Waals surface area contributed by atoms with Gasteiger partial charge in [0.2, 0.25) is 0 Å². The molecule has 0 aliphatic carbocycles. The summed E-state index contributed by atoms with van der Waals surface area (Å²) in [5.74, 6) is 0.596. The second-order valence-electron chi connectivity index (χ2n) is 6.25. The van der Waals surface area contributed by atoms with E-state index < -0.39 is 0 Å². The van der Waals surface area contributed by atoms with Crippen LogP contribution in [0.5, 0.6) is 5.75 Å². The minimum Gasteiger partial charge on any atom is -0.491 e. The lowest BCUT2D eigenvalue weighted by molar-refractivity contribution is 0.102. The summed E-state index contributed by atoms with van der Waals surface area (Å²) < 4.78 is 7.91. The normalized spacial score (nSPS) is 10.7. The summed E-state index contributed by atoms with van der Waals surface area (Å²) in [4.78, 5) is 14.1.